The third-order valence-corrected chi connectivity index (χ3v) is 1.85. The van der Waals surface area contributed by atoms with Gasteiger partial charge in [0.05, 0.1) is 0 Å². The Hall–Kier alpha value is 0.950. The maximum Gasteiger partial charge on any atom is 0.348 e. The Morgan fingerprint density at radius 1 is 1.00 bits per heavy atom. The first-order valence-corrected chi connectivity index (χ1v) is 3.33. The quantitative estimate of drug-likeness (QED) is 0.640. The average molecular weight is 235 g/mol. The van der Waals surface area contributed by atoms with Crippen LogP contribution in [0.2, 0.25) is 0 Å². The number of hydrogen-bond acceptors (Lipinski definition) is 0. The van der Waals surface area contributed by atoms with E-state index in [1.807, 2.05) is 0 Å². The van der Waals surface area contributed by atoms with Gasteiger partial charge in [0.1, 0.15) is 0 Å². The van der Waals surface area contributed by atoms with Crippen LogP contribution in [0.15, 0.2) is 0 Å². The van der Waals surface area contributed by atoms with Crippen LogP contribution in [0.5, 0.6) is 0 Å². The van der Waals surface area contributed by atoms with Crippen molar-refractivity contribution in [1.82, 2.24) is 0 Å². The largest absolute Gasteiger partial charge is 0.348 e. The van der Waals surface area contributed by atoms with Crippen molar-refractivity contribution >= 4 is 46.4 Å². The van der Waals surface area contributed by atoms with Gasteiger partial charge in [-0.1, -0.05) is 23.2 Å². The number of alkyl halides is 6. The lowest BCUT2D eigenvalue weighted by molar-refractivity contribution is 0.107. The van der Waals surface area contributed by atoms with Crippen LogP contribution >= 0.6 is 46.4 Å². The lowest BCUT2D eigenvalue weighted by atomic mass is 10.5. The van der Waals surface area contributed by atoms with Crippen molar-refractivity contribution in [1.29, 1.82) is 0 Å². The van der Waals surface area contributed by atoms with E-state index in [2.05, 4.69) is 46.4 Å². The number of hydrogen-bond donors (Lipinski definition) is 0. The molecule has 61 valence electrons. The van der Waals surface area contributed by atoms with Crippen LogP contribution in [0.1, 0.15) is 0 Å². The summed E-state index contributed by atoms with van der Waals surface area (Å²) in [5, 5.41) is -5.70. The summed E-state index contributed by atoms with van der Waals surface area (Å²) in [6.07, 6.45) is 0. The summed E-state index contributed by atoms with van der Waals surface area (Å²) in [7, 11) is 0. The fraction of sp³-hybridized carbons (Fsp3) is 0.667. The first-order chi connectivity index (χ1) is 4.15. The summed E-state index contributed by atoms with van der Waals surface area (Å²) >= 11 is 18.0. The molecule has 0 atom stereocenters. The van der Waals surface area contributed by atoms with Gasteiger partial charge in [-0.05, 0) is 11.6 Å². The summed E-state index contributed by atoms with van der Waals surface area (Å²) < 4.78 is 32.4. The van der Waals surface area contributed by atoms with E-state index in [1.165, 1.54) is 0 Å². The molecule has 0 N–H and O–H groups in total. The van der Waals surface area contributed by atoms with Crippen molar-refractivity contribution in [3.05, 3.63) is 5.38 Å². The first kappa shape index (κ1) is 11.0. The first-order valence-electron chi connectivity index (χ1n) is 1.82. The van der Waals surface area contributed by atoms with Crippen LogP contribution in [0.25, 0.3) is 0 Å². The van der Waals surface area contributed by atoms with E-state index in [9.17, 15) is 13.2 Å². The molecule has 0 aliphatic carbocycles. The molecule has 0 aromatic carbocycles. The summed E-state index contributed by atoms with van der Waals surface area (Å²) in [4.78, 5) is 0. The zero-order chi connectivity index (χ0) is 8.58. The molecule has 0 unspecified atom stereocenters. The summed E-state index contributed by atoms with van der Waals surface area (Å²) in [5.41, 5.74) is 0. The summed E-state index contributed by atoms with van der Waals surface area (Å²) in [6, 6.07) is 0. The van der Waals surface area contributed by atoms with Crippen LogP contribution < -0.4 is 0 Å². The van der Waals surface area contributed by atoms with Gasteiger partial charge in [-0.25, -0.2) is 4.39 Å². The molecule has 0 bridgehead atoms. The van der Waals surface area contributed by atoms with Gasteiger partial charge < -0.3 is 0 Å². The summed E-state index contributed by atoms with van der Waals surface area (Å²) in [6.45, 7) is 0. The zero-order valence-electron chi connectivity index (χ0n) is 4.15. The van der Waals surface area contributed by atoms with E-state index in [0.717, 1.165) is 0 Å². The molecule has 0 aromatic heterocycles. The Kier molecular flexibility index (Phi) is 3.43. The molecule has 1 radical (unpaired) electrons. The van der Waals surface area contributed by atoms with Crippen LogP contribution in [0.4, 0.5) is 13.2 Å². The van der Waals surface area contributed by atoms with Gasteiger partial charge in [-0.3, -0.25) is 0 Å². The van der Waals surface area contributed by atoms with E-state index < -0.39 is 15.3 Å². The second kappa shape index (κ2) is 3.13. The number of rotatable bonds is 2. The molecular weight excluding hydrogens is 235 g/mol. The van der Waals surface area contributed by atoms with Gasteiger partial charge in [-0.2, -0.15) is 8.78 Å². The van der Waals surface area contributed by atoms with Crippen LogP contribution in [-0.2, 0) is 0 Å². The molecular formula is C3Cl4F3. The van der Waals surface area contributed by atoms with Crippen molar-refractivity contribution in [2.75, 3.05) is 0 Å². The fourth-order valence-electron chi connectivity index (χ4n) is 0.161. The Labute approximate surface area is 75.2 Å². The highest BCUT2D eigenvalue weighted by molar-refractivity contribution is 6.55. The predicted molar refractivity (Wildman–Crippen MR) is 35.4 cm³/mol. The van der Waals surface area contributed by atoms with Gasteiger partial charge in [0.25, 0.3) is 4.59 Å². The van der Waals surface area contributed by atoms with Crippen LogP contribution in [0, 0.1) is 5.38 Å². The van der Waals surface area contributed by atoms with Crippen molar-refractivity contribution in [3.63, 3.8) is 0 Å². The standard InChI is InChI=1S/C3Cl4F3/c4-1(2(5,6)8)3(7,9)10. The Morgan fingerprint density at radius 2 is 1.30 bits per heavy atom. The maximum absolute atomic E-state index is 12.1. The molecule has 0 saturated heterocycles. The SMILES string of the molecule is FC(F)(Cl)[C](Cl)C(F)(Cl)Cl. The average Bonchev–Trinajstić information content (AvgIpc) is 1.59. The van der Waals surface area contributed by atoms with Gasteiger partial charge >= 0.3 is 5.38 Å². The van der Waals surface area contributed by atoms with Crippen molar-refractivity contribution in [3.8, 4) is 0 Å². The highest BCUT2D eigenvalue weighted by atomic mass is 35.5. The third-order valence-electron chi connectivity index (χ3n) is 0.498. The molecule has 0 rings (SSSR count). The van der Waals surface area contributed by atoms with Gasteiger partial charge in [0.2, 0.25) is 5.38 Å². The molecule has 7 heteroatoms. The molecule has 0 nitrogen and oxygen atoms in total. The highest BCUT2D eigenvalue weighted by Gasteiger charge is 2.51. The van der Waals surface area contributed by atoms with Crippen molar-refractivity contribution in [2.45, 2.75) is 9.97 Å². The van der Waals surface area contributed by atoms with E-state index in [1.54, 1.807) is 0 Å². The minimum atomic E-state index is -4.04. The lowest BCUT2D eigenvalue weighted by Crippen LogP contribution is -2.26. The lowest BCUT2D eigenvalue weighted by Gasteiger charge is -2.18. The Bertz CT molecular complexity index is 99.9. The number of halogens is 7. The van der Waals surface area contributed by atoms with Crippen LogP contribution in [0.3, 0.4) is 0 Å². The van der Waals surface area contributed by atoms with E-state index in [0.29, 0.717) is 0 Å². The molecule has 0 fully saturated rings. The minimum Gasteiger partial charge on any atom is -0.206 e. The van der Waals surface area contributed by atoms with Crippen molar-refractivity contribution < 1.29 is 13.2 Å². The minimum absolute atomic E-state index is 1.66. The van der Waals surface area contributed by atoms with Gasteiger partial charge in [-0.15, -0.1) is 11.6 Å². The van der Waals surface area contributed by atoms with Gasteiger partial charge in [0.15, 0.2) is 0 Å². The molecule has 0 saturated carbocycles. The summed E-state index contributed by atoms with van der Waals surface area (Å²) in [5.74, 6) is 0. The predicted octanol–water partition coefficient (Wildman–Crippen LogP) is 3.69. The molecule has 0 amide bonds. The molecule has 0 aliphatic rings. The van der Waals surface area contributed by atoms with E-state index >= 15 is 0 Å². The monoisotopic (exact) mass is 233 g/mol. The molecule has 0 aromatic rings. The molecule has 0 aliphatic heterocycles. The smallest absolute Gasteiger partial charge is 0.206 e. The zero-order valence-corrected chi connectivity index (χ0v) is 7.17. The Balaban J connectivity index is 4.23. The van der Waals surface area contributed by atoms with Crippen LogP contribution in [-0.4, -0.2) is 9.97 Å². The fourth-order valence-corrected chi connectivity index (χ4v) is 0.625. The molecule has 0 spiro atoms. The normalized spacial score (nSPS) is 14.4. The maximum atomic E-state index is 12.1. The van der Waals surface area contributed by atoms with E-state index in [4.69, 9.17) is 0 Å². The molecule has 0 heterocycles. The second-order valence-electron chi connectivity index (χ2n) is 1.31. The van der Waals surface area contributed by atoms with E-state index in [-0.39, 0.29) is 0 Å². The molecule has 10 heavy (non-hydrogen) atoms. The third kappa shape index (κ3) is 3.37. The highest BCUT2D eigenvalue weighted by Crippen LogP contribution is 2.47. The van der Waals surface area contributed by atoms with Gasteiger partial charge in [0, 0.05) is 0 Å². The Morgan fingerprint density at radius 3 is 1.30 bits per heavy atom. The topological polar surface area (TPSA) is 0 Å². The van der Waals surface area contributed by atoms with Crippen molar-refractivity contribution in [2.24, 2.45) is 0 Å². The second-order valence-corrected chi connectivity index (χ2v) is 3.40.